The number of aliphatic hydroxyl groups excluding tert-OH is 4. The van der Waals surface area contributed by atoms with E-state index in [4.69, 9.17) is 18.9 Å². The van der Waals surface area contributed by atoms with Crippen molar-refractivity contribution in [2.75, 3.05) is 19.8 Å². The molecule has 0 bridgehead atoms. The second-order valence-corrected chi connectivity index (χ2v) is 11.7. The quantitative estimate of drug-likeness (QED) is 0.0601. The van der Waals surface area contributed by atoms with Gasteiger partial charge in [-0.1, -0.05) is 96.1 Å². The van der Waals surface area contributed by atoms with Crippen LogP contribution in [0.3, 0.4) is 0 Å². The van der Waals surface area contributed by atoms with Crippen molar-refractivity contribution in [2.45, 2.75) is 166 Å². The van der Waals surface area contributed by atoms with Crippen molar-refractivity contribution in [1.29, 1.82) is 0 Å². The zero-order valence-electron chi connectivity index (χ0n) is 26.7. The van der Waals surface area contributed by atoms with Crippen molar-refractivity contribution in [3.8, 4) is 0 Å². The van der Waals surface area contributed by atoms with Gasteiger partial charge in [0.05, 0.1) is 13.2 Å². The SMILES string of the molecule is CCCCCCCC/C=C\CCCCCCCCCCCC(=O)OC(COC(C)=O)COC1OC(CO)C(O)C(O)C1O. The van der Waals surface area contributed by atoms with Crippen molar-refractivity contribution < 1.29 is 49.0 Å². The number of rotatable bonds is 26. The van der Waals surface area contributed by atoms with Crippen LogP contribution in [0.1, 0.15) is 129 Å². The fourth-order valence-electron chi connectivity index (χ4n) is 5.03. The minimum absolute atomic E-state index is 0.225. The molecule has 0 aromatic heterocycles. The van der Waals surface area contributed by atoms with Gasteiger partial charge in [0.1, 0.15) is 31.0 Å². The van der Waals surface area contributed by atoms with Crippen molar-refractivity contribution in [1.82, 2.24) is 0 Å². The van der Waals surface area contributed by atoms with E-state index in [1.165, 1.54) is 90.4 Å². The van der Waals surface area contributed by atoms with Gasteiger partial charge in [0.2, 0.25) is 0 Å². The second kappa shape index (κ2) is 25.7. The molecule has 0 amide bonds. The molecule has 1 aliphatic heterocycles. The Kier molecular flexibility index (Phi) is 23.6. The molecule has 252 valence electrons. The molecule has 6 atom stereocenters. The molecule has 1 rings (SSSR count). The van der Waals surface area contributed by atoms with E-state index in [-0.39, 0.29) is 19.6 Å². The summed E-state index contributed by atoms with van der Waals surface area (Å²) in [7, 11) is 0. The third-order valence-electron chi connectivity index (χ3n) is 7.71. The maximum absolute atomic E-state index is 12.4. The Morgan fingerprint density at radius 2 is 1.28 bits per heavy atom. The van der Waals surface area contributed by atoms with Crippen LogP contribution in [0, 0.1) is 0 Å². The molecule has 0 aromatic carbocycles. The molecule has 1 heterocycles. The number of allylic oxidation sites excluding steroid dienone is 2. The van der Waals surface area contributed by atoms with Gasteiger partial charge in [0.25, 0.3) is 0 Å². The Morgan fingerprint density at radius 1 is 0.744 bits per heavy atom. The minimum Gasteiger partial charge on any atom is -0.462 e. The van der Waals surface area contributed by atoms with Gasteiger partial charge in [-0.25, -0.2) is 0 Å². The van der Waals surface area contributed by atoms with Gasteiger partial charge in [0, 0.05) is 13.3 Å². The lowest BCUT2D eigenvalue weighted by atomic mass is 9.99. The van der Waals surface area contributed by atoms with Crippen LogP contribution in [-0.2, 0) is 28.5 Å². The van der Waals surface area contributed by atoms with Crippen LogP contribution in [0.5, 0.6) is 0 Å². The summed E-state index contributed by atoms with van der Waals surface area (Å²) in [6, 6.07) is 0. The van der Waals surface area contributed by atoms with E-state index in [9.17, 15) is 30.0 Å². The van der Waals surface area contributed by atoms with E-state index in [0.29, 0.717) is 6.42 Å². The minimum atomic E-state index is -1.59. The van der Waals surface area contributed by atoms with Crippen LogP contribution < -0.4 is 0 Å². The number of unbranched alkanes of at least 4 members (excludes halogenated alkanes) is 15. The molecule has 10 nitrogen and oxygen atoms in total. The first-order chi connectivity index (χ1) is 20.8. The molecular formula is C33H60O10. The van der Waals surface area contributed by atoms with E-state index in [2.05, 4.69) is 19.1 Å². The van der Waals surface area contributed by atoms with Crippen LogP contribution >= 0.6 is 0 Å². The Labute approximate surface area is 259 Å². The van der Waals surface area contributed by atoms with Gasteiger partial charge in [-0.3, -0.25) is 9.59 Å². The number of aliphatic hydroxyl groups is 4. The summed E-state index contributed by atoms with van der Waals surface area (Å²) in [4.78, 5) is 23.6. The molecule has 10 heteroatoms. The van der Waals surface area contributed by atoms with E-state index in [1.807, 2.05) is 0 Å². The molecule has 6 unspecified atom stereocenters. The lowest BCUT2D eigenvalue weighted by Crippen LogP contribution is -2.59. The first-order valence-corrected chi connectivity index (χ1v) is 16.7. The maximum Gasteiger partial charge on any atom is 0.306 e. The monoisotopic (exact) mass is 616 g/mol. The highest BCUT2D eigenvalue weighted by molar-refractivity contribution is 5.69. The van der Waals surface area contributed by atoms with Crippen LogP contribution in [-0.4, -0.2) is 89.0 Å². The predicted octanol–water partition coefficient (Wildman–Crippen LogP) is 4.88. The van der Waals surface area contributed by atoms with E-state index in [0.717, 1.165) is 19.3 Å². The molecular weight excluding hydrogens is 556 g/mol. The first-order valence-electron chi connectivity index (χ1n) is 16.7. The van der Waals surface area contributed by atoms with Crippen molar-refractivity contribution in [3.63, 3.8) is 0 Å². The highest BCUT2D eigenvalue weighted by Crippen LogP contribution is 2.22. The molecule has 0 radical (unpaired) electrons. The lowest BCUT2D eigenvalue weighted by Gasteiger charge is -2.39. The number of carbonyl (C=O) groups is 2. The molecule has 1 fully saturated rings. The van der Waals surface area contributed by atoms with Gasteiger partial charge < -0.3 is 39.4 Å². The van der Waals surface area contributed by atoms with Crippen LogP contribution in [0.25, 0.3) is 0 Å². The molecule has 1 aliphatic rings. The average molecular weight is 617 g/mol. The smallest absolute Gasteiger partial charge is 0.306 e. The molecule has 43 heavy (non-hydrogen) atoms. The number of carbonyl (C=O) groups excluding carboxylic acids is 2. The van der Waals surface area contributed by atoms with Gasteiger partial charge in [-0.2, -0.15) is 0 Å². The molecule has 0 saturated carbocycles. The zero-order valence-corrected chi connectivity index (χ0v) is 26.7. The van der Waals surface area contributed by atoms with Gasteiger partial charge in [-0.15, -0.1) is 0 Å². The maximum atomic E-state index is 12.4. The molecule has 1 saturated heterocycles. The summed E-state index contributed by atoms with van der Waals surface area (Å²) in [6.07, 6.45) is 17.4. The fraction of sp³-hybridized carbons (Fsp3) is 0.879. The topological polar surface area (TPSA) is 152 Å². The van der Waals surface area contributed by atoms with Gasteiger partial charge in [-0.05, 0) is 32.1 Å². The second-order valence-electron chi connectivity index (χ2n) is 11.7. The Bertz CT molecular complexity index is 728. The summed E-state index contributed by atoms with van der Waals surface area (Å²) in [5.74, 6) is -1.000. The first kappa shape index (κ1) is 39.5. The largest absolute Gasteiger partial charge is 0.462 e. The molecule has 4 N–H and O–H groups in total. The third kappa shape index (κ3) is 19.4. The third-order valence-corrected chi connectivity index (χ3v) is 7.71. The molecule has 0 aromatic rings. The lowest BCUT2D eigenvalue weighted by molar-refractivity contribution is -0.305. The summed E-state index contributed by atoms with van der Waals surface area (Å²) >= 11 is 0. The number of ether oxygens (including phenoxy) is 4. The normalized spacial score (nSPS) is 23.0. The highest BCUT2D eigenvalue weighted by Gasteiger charge is 2.44. The number of hydrogen-bond acceptors (Lipinski definition) is 10. The van der Waals surface area contributed by atoms with Crippen LogP contribution in [0.15, 0.2) is 12.2 Å². The Balaban J connectivity index is 2.11. The zero-order chi connectivity index (χ0) is 31.7. The Morgan fingerprint density at radius 3 is 1.81 bits per heavy atom. The van der Waals surface area contributed by atoms with E-state index >= 15 is 0 Å². The highest BCUT2D eigenvalue weighted by atomic mass is 16.7. The summed E-state index contributed by atoms with van der Waals surface area (Å²) in [5, 5.41) is 39.2. The number of hydrogen-bond donors (Lipinski definition) is 4. The predicted molar refractivity (Wildman–Crippen MR) is 164 cm³/mol. The van der Waals surface area contributed by atoms with Crippen molar-refractivity contribution >= 4 is 11.9 Å². The van der Waals surface area contributed by atoms with Crippen molar-refractivity contribution in [3.05, 3.63) is 12.2 Å². The summed E-state index contributed by atoms with van der Waals surface area (Å²) in [5.41, 5.74) is 0. The molecule has 0 aliphatic carbocycles. The van der Waals surface area contributed by atoms with E-state index < -0.39 is 55.4 Å². The van der Waals surface area contributed by atoms with Crippen molar-refractivity contribution in [2.24, 2.45) is 0 Å². The number of esters is 2. The van der Waals surface area contributed by atoms with E-state index in [1.54, 1.807) is 0 Å². The average Bonchev–Trinajstić information content (AvgIpc) is 2.99. The summed E-state index contributed by atoms with van der Waals surface area (Å²) in [6.45, 7) is 2.37. The molecule has 0 spiro atoms. The summed E-state index contributed by atoms with van der Waals surface area (Å²) < 4.78 is 21.1. The fourth-order valence-corrected chi connectivity index (χ4v) is 5.03. The Hall–Kier alpha value is -1.56. The van der Waals surface area contributed by atoms with Gasteiger partial charge in [0.15, 0.2) is 12.4 Å². The standard InChI is InChI=1S/C33H60O10/c1-3-4-5-6-7-8-9-10-11-12-13-14-15-16-17-18-19-20-21-22-29(36)42-27(24-40-26(2)35)25-41-33-32(39)31(38)30(37)28(23-34)43-33/h10-11,27-28,30-34,37-39H,3-9,12-25H2,1-2H3/b11-10-. The van der Waals surface area contributed by atoms with Crippen LogP contribution in [0.2, 0.25) is 0 Å². The van der Waals surface area contributed by atoms with Gasteiger partial charge >= 0.3 is 11.9 Å². The van der Waals surface area contributed by atoms with Crippen LogP contribution in [0.4, 0.5) is 0 Å².